The van der Waals surface area contributed by atoms with Crippen LogP contribution in [-0.4, -0.2) is 41.8 Å². The van der Waals surface area contributed by atoms with Gasteiger partial charge in [-0.15, -0.1) is 0 Å². The second-order valence-electron chi connectivity index (χ2n) is 7.67. The molecular weight excluding hydrogens is 418 g/mol. The Kier molecular flexibility index (Phi) is 14.0. The maximum absolute atomic E-state index is 10.4. The summed E-state index contributed by atoms with van der Waals surface area (Å²) in [5.41, 5.74) is 3.03. The molecule has 0 spiro atoms. The normalized spacial score (nSPS) is 10.0. The highest BCUT2D eigenvalue weighted by molar-refractivity contribution is 6.31. The van der Waals surface area contributed by atoms with Gasteiger partial charge >= 0.3 is 5.97 Å². The largest absolute Gasteiger partial charge is 0.488 e. The first-order chi connectivity index (χ1) is 14.6. The molecule has 0 aliphatic heterocycles. The number of amides is 1. The third-order valence-corrected chi connectivity index (χ3v) is 4.16. The SMILES string of the molecule is CC(C)(C)Oc1ccc(CCC(=O)O)cc1.CO.Cc1ccc(CCNC=O)c(Cl)c1. The van der Waals surface area contributed by atoms with Crippen LogP contribution in [0.25, 0.3) is 0 Å². The van der Waals surface area contributed by atoms with Crippen LogP contribution in [0.1, 0.15) is 43.9 Å². The smallest absolute Gasteiger partial charge is 0.303 e. The Morgan fingerprint density at radius 1 is 1.10 bits per heavy atom. The molecule has 31 heavy (non-hydrogen) atoms. The van der Waals surface area contributed by atoms with E-state index in [0.717, 1.165) is 41.0 Å². The van der Waals surface area contributed by atoms with Gasteiger partial charge in [-0.1, -0.05) is 35.9 Å². The second-order valence-corrected chi connectivity index (χ2v) is 8.08. The Hall–Kier alpha value is -2.57. The predicted molar refractivity (Wildman–Crippen MR) is 125 cm³/mol. The van der Waals surface area contributed by atoms with Gasteiger partial charge in [-0.05, 0) is 75.4 Å². The van der Waals surface area contributed by atoms with Crippen molar-refractivity contribution in [3.05, 3.63) is 64.2 Å². The van der Waals surface area contributed by atoms with Gasteiger partial charge in [0.15, 0.2) is 0 Å². The first-order valence-electron chi connectivity index (χ1n) is 9.97. The van der Waals surface area contributed by atoms with Crippen LogP contribution in [0.4, 0.5) is 0 Å². The molecule has 0 radical (unpaired) electrons. The van der Waals surface area contributed by atoms with Gasteiger partial charge in [0.05, 0.1) is 0 Å². The van der Waals surface area contributed by atoms with Gasteiger partial charge in [0.2, 0.25) is 6.41 Å². The quantitative estimate of drug-likeness (QED) is 0.407. The number of hydrogen-bond donors (Lipinski definition) is 3. The number of benzene rings is 2. The van der Waals surface area contributed by atoms with Crippen molar-refractivity contribution in [2.24, 2.45) is 0 Å². The van der Waals surface area contributed by atoms with Crippen LogP contribution in [0.2, 0.25) is 5.02 Å². The fourth-order valence-corrected chi connectivity index (χ4v) is 2.78. The van der Waals surface area contributed by atoms with Crippen molar-refractivity contribution in [3.63, 3.8) is 0 Å². The summed E-state index contributed by atoms with van der Waals surface area (Å²) in [6, 6.07) is 13.5. The zero-order chi connectivity index (χ0) is 23.9. The number of aliphatic hydroxyl groups excluding tert-OH is 1. The van der Waals surface area contributed by atoms with Gasteiger partial charge in [0.1, 0.15) is 11.4 Å². The molecule has 0 fully saturated rings. The molecule has 2 aromatic carbocycles. The fraction of sp³-hybridized carbons (Fsp3) is 0.417. The Labute approximate surface area is 190 Å². The molecule has 0 saturated carbocycles. The number of hydrogen-bond acceptors (Lipinski definition) is 4. The summed E-state index contributed by atoms with van der Waals surface area (Å²) in [6.45, 7) is 8.60. The molecule has 0 saturated heterocycles. The van der Waals surface area contributed by atoms with Gasteiger partial charge < -0.3 is 20.3 Å². The lowest BCUT2D eigenvalue weighted by Gasteiger charge is -2.21. The number of carboxylic acids is 1. The lowest BCUT2D eigenvalue weighted by molar-refractivity contribution is -0.137. The van der Waals surface area contributed by atoms with Crippen LogP contribution >= 0.6 is 11.6 Å². The standard InChI is InChI=1S/C13H18O3.C10H12ClNO.CH4O/c1-13(2,3)16-11-7-4-10(5-8-11)6-9-12(14)15;1-8-2-3-9(10(11)6-8)4-5-12-7-13;1-2/h4-5,7-8H,6,9H2,1-3H3,(H,14,15);2-3,6-7H,4-5H2,1H3,(H,12,13);2H,1H3. The number of ether oxygens (including phenoxy) is 1. The van der Waals surface area contributed by atoms with Gasteiger partial charge in [0.25, 0.3) is 0 Å². The van der Waals surface area contributed by atoms with E-state index in [2.05, 4.69) is 5.32 Å². The first kappa shape index (κ1) is 28.4. The van der Waals surface area contributed by atoms with Crippen molar-refractivity contribution in [2.45, 2.75) is 52.6 Å². The second kappa shape index (κ2) is 15.3. The van der Waals surface area contributed by atoms with Crippen LogP contribution in [-0.2, 0) is 22.4 Å². The molecule has 0 atom stereocenters. The molecule has 0 aliphatic rings. The number of aryl methyl sites for hydroxylation is 2. The Morgan fingerprint density at radius 2 is 1.71 bits per heavy atom. The minimum atomic E-state index is -0.769. The summed E-state index contributed by atoms with van der Waals surface area (Å²) < 4.78 is 5.67. The predicted octanol–water partition coefficient (Wildman–Crippen LogP) is 4.43. The van der Waals surface area contributed by atoms with E-state index in [0.29, 0.717) is 19.4 Å². The monoisotopic (exact) mass is 451 g/mol. The van der Waals surface area contributed by atoms with E-state index in [-0.39, 0.29) is 12.0 Å². The maximum atomic E-state index is 10.4. The van der Waals surface area contributed by atoms with Crippen LogP contribution in [0, 0.1) is 6.92 Å². The minimum absolute atomic E-state index is 0.166. The van der Waals surface area contributed by atoms with Crippen LogP contribution < -0.4 is 10.1 Å². The highest BCUT2D eigenvalue weighted by Gasteiger charge is 2.11. The molecule has 0 heterocycles. The van der Waals surface area contributed by atoms with Gasteiger partial charge in [-0.2, -0.15) is 0 Å². The summed E-state index contributed by atoms with van der Waals surface area (Å²) in [6.07, 6.45) is 2.20. The lowest BCUT2D eigenvalue weighted by atomic mass is 10.1. The number of carbonyl (C=O) groups is 2. The van der Waals surface area contributed by atoms with E-state index in [9.17, 15) is 9.59 Å². The van der Waals surface area contributed by atoms with Gasteiger partial charge in [0, 0.05) is 25.1 Å². The fourth-order valence-electron chi connectivity index (χ4n) is 2.45. The summed E-state index contributed by atoms with van der Waals surface area (Å²) in [5, 5.41) is 18.9. The van der Waals surface area contributed by atoms with Crippen LogP contribution in [0.15, 0.2) is 42.5 Å². The average Bonchev–Trinajstić information content (AvgIpc) is 2.70. The van der Waals surface area contributed by atoms with E-state index in [1.165, 1.54) is 0 Å². The molecule has 0 unspecified atom stereocenters. The highest BCUT2D eigenvalue weighted by Crippen LogP contribution is 2.19. The van der Waals surface area contributed by atoms with Crippen LogP contribution in [0.3, 0.4) is 0 Å². The molecular formula is C24H34ClNO5. The molecule has 3 N–H and O–H groups in total. The van der Waals surface area contributed by atoms with E-state index in [1.54, 1.807) is 0 Å². The van der Waals surface area contributed by atoms with E-state index < -0.39 is 5.97 Å². The third-order valence-electron chi connectivity index (χ3n) is 3.81. The van der Waals surface area contributed by atoms with Crippen molar-refractivity contribution >= 4 is 24.0 Å². The number of rotatable bonds is 8. The summed E-state index contributed by atoms with van der Waals surface area (Å²) in [5.74, 6) is 0.0431. The summed E-state index contributed by atoms with van der Waals surface area (Å²) in [7, 11) is 1.00. The molecule has 6 nitrogen and oxygen atoms in total. The number of aliphatic carboxylic acids is 1. The molecule has 2 aromatic rings. The van der Waals surface area contributed by atoms with Crippen molar-refractivity contribution in [1.82, 2.24) is 5.32 Å². The summed E-state index contributed by atoms with van der Waals surface area (Å²) in [4.78, 5) is 20.4. The van der Waals surface area contributed by atoms with Crippen molar-refractivity contribution in [1.29, 1.82) is 0 Å². The maximum Gasteiger partial charge on any atom is 0.303 e. The third kappa shape index (κ3) is 14.1. The Balaban J connectivity index is 0.000000547. The molecule has 0 aliphatic carbocycles. The van der Waals surface area contributed by atoms with E-state index >= 15 is 0 Å². The zero-order valence-electron chi connectivity index (χ0n) is 18.9. The van der Waals surface area contributed by atoms with Gasteiger partial charge in [-0.3, -0.25) is 9.59 Å². The topological polar surface area (TPSA) is 95.9 Å². The van der Waals surface area contributed by atoms with E-state index in [4.69, 9.17) is 26.6 Å². The van der Waals surface area contributed by atoms with Crippen molar-refractivity contribution in [2.75, 3.05) is 13.7 Å². The van der Waals surface area contributed by atoms with Crippen molar-refractivity contribution in [3.8, 4) is 5.75 Å². The zero-order valence-corrected chi connectivity index (χ0v) is 19.7. The molecule has 2 rings (SSSR count). The molecule has 0 bridgehead atoms. The van der Waals surface area contributed by atoms with Gasteiger partial charge in [-0.25, -0.2) is 0 Å². The number of carbonyl (C=O) groups excluding carboxylic acids is 1. The number of carboxylic acid groups (broad SMARTS) is 1. The lowest BCUT2D eigenvalue weighted by Crippen LogP contribution is -2.22. The highest BCUT2D eigenvalue weighted by atomic mass is 35.5. The number of halogens is 1. The first-order valence-corrected chi connectivity index (χ1v) is 10.3. The van der Waals surface area contributed by atoms with Crippen LogP contribution in [0.5, 0.6) is 5.75 Å². The molecule has 1 amide bonds. The number of nitrogens with one attached hydrogen (secondary N) is 1. The van der Waals surface area contributed by atoms with Crippen molar-refractivity contribution < 1.29 is 24.5 Å². The molecule has 0 aromatic heterocycles. The molecule has 7 heteroatoms. The Morgan fingerprint density at radius 3 is 2.19 bits per heavy atom. The molecule has 172 valence electrons. The number of aliphatic hydroxyl groups is 1. The average molecular weight is 452 g/mol. The Bertz CT molecular complexity index is 786. The minimum Gasteiger partial charge on any atom is -0.488 e. The van der Waals surface area contributed by atoms with E-state index in [1.807, 2.05) is 70.2 Å². The summed E-state index contributed by atoms with van der Waals surface area (Å²) >= 11 is 5.99.